The Morgan fingerprint density at radius 3 is 2.53 bits per heavy atom. The first-order valence-electron chi connectivity index (χ1n) is 6.34. The predicted octanol–water partition coefficient (Wildman–Crippen LogP) is 2.38. The van der Waals surface area contributed by atoms with Gasteiger partial charge in [0, 0.05) is 24.8 Å². The summed E-state index contributed by atoms with van der Waals surface area (Å²) in [5.41, 5.74) is 1.13. The van der Waals surface area contributed by atoms with Crippen LogP contribution in [-0.4, -0.2) is 32.5 Å². The number of nitrogens with one attached hydrogen (secondary N) is 1. The summed E-state index contributed by atoms with van der Waals surface area (Å²) >= 11 is 0. The minimum atomic E-state index is 0. The number of ether oxygens (including phenoxy) is 2. The van der Waals surface area contributed by atoms with E-state index in [9.17, 15) is 0 Å². The molecule has 0 fully saturated rings. The molecule has 0 saturated heterocycles. The number of aliphatic hydroxyl groups excluding tert-OH is 1. The molecule has 4 nitrogen and oxygen atoms in total. The first-order valence-corrected chi connectivity index (χ1v) is 6.34. The second-order valence-electron chi connectivity index (χ2n) is 4.14. The molecule has 0 heterocycles. The lowest BCUT2D eigenvalue weighted by Gasteiger charge is -2.11. The van der Waals surface area contributed by atoms with Crippen molar-refractivity contribution in [3.8, 4) is 11.5 Å². The number of methoxy groups -OCH3 is 2. The van der Waals surface area contributed by atoms with E-state index in [2.05, 4.69) is 5.32 Å². The highest BCUT2D eigenvalue weighted by molar-refractivity contribution is 5.85. The van der Waals surface area contributed by atoms with Crippen molar-refractivity contribution >= 4 is 12.4 Å². The molecule has 0 spiro atoms. The monoisotopic (exact) mass is 289 g/mol. The Bertz CT molecular complexity index is 347. The molecule has 0 radical (unpaired) electrons. The Kier molecular flexibility index (Phi) is 10.4. The summed E-state index contributed by atoms with van der Waals surface area (Å²) in [6.07, 6.45) is 3.02. The Hall–Kier alpha value is -0.970. The standard InChI is InChI=1S/C14H23NO3.ClH/c1-17-13-7-6-12(14(10-13)18-2)11-15-8-4-3-5-9-16;/h6-7,10,15-16H,3-5,8-9,11H2,1-2H3;1H. The zero-order valence-corrected chi connectivity index (χ0v) is 12.5. The van der Waals surface area contributed by atoms with Gasteiger partial charge in [-0.15, -0.1) is 12.4 Å². The largest absolute Gasteiger partial charge is 0.497 e. The lowest BCUT2D eigenvalue weighted by Crippen LogP contribution is -2.15. The molecule has 0 saturated carbocycles. The van der Waals surface area contributed by atoms with Crippen LogP contribution in [0.3, 0.4) is 0 Å². The quantitative estimate of drug-likeness (QED) is 0.685. The van der Waals surface area contributed by atoms with Gasteiger partial charge in [-0.3, -0.25) is 0 Å². The summed E-state index contributed by atoms with van der Waals surface area (Å²) in [5.74, 6) is 1.65. The van der Waals surface area contributed by atoms with Crippen molar-refractivity contribution in [3.63, 3.8) is 0 Å². The number of hydrogen-bond acceptors (Lipinski definition) is 4. The molecular weight excluding hydrogens is 266 g/mol. The maximum atomic E-state index is 8.67. The average molecular weight is 290 g/mol. The molecule has 19 heavy (non-hydrogen) atoms. The van der Waals surface area contributed by atoms with E-state index in [0.29, 0.717) is 0 Å². The summed E-state index contributed by atoms with van der Waals surface area (Å²) in [4.78, 5) is 0. The topological polar surface area (TPSA) is 50.7 Å². The van der Waals surface area contributed by atoms with Gasteiger partial charge in [-0.1, -0.05) is 6.07 Å². The highest BCUT2D eigenvalue weighted by Crippen LogP contribution is 2.24. The molecule has 0 unspecified atom stereocenters. The van der Waals surface area contributed by atoms with Gasteiger partial charge in [-0.2, -0.15) is 0 Å². The van der Waals surface area contributed by atoms with Crippen LogP contribution in [0.25, 0.3) is 0 Å². The molecule has 0 aliphatic rings. The van der Waals surface area contributed by atoms with Crippen LogP contribution in [0, 0.1) is 0 Å². The molecule has 1 rings (SSSR count). The van der Waals surface area contributed by atoms with E-state index < -0.39 is 0 Å². The molecule has 0 aromatic heterocycles. The van der Waals surface area contributed by atoms with Crippen molar-refractivity contribution in [1.29, 1.82) is 0 Å². The fourth-order valence-corrected chi connectivity index (χ4v) is 1.76. The first-order chi connectivity index (χ1) is 8.81. The summed E-state index contributed by atoms with van der Waals surface area (Å²) < 4.78 is 10.5. The van der Waals surface area contributed by atoms with Crippen molar-refractivity contribution in [3.05, 3.63) is 23.8 Å². The van der Waals surface area contributed by atoms with E-state index in [1.165, 1.54) is 0 Å². The Balaban J connectivity index is 0.00000324. The van der Waals surface area contributed by atoms with Crippen molar-refractivity contribution < 1.29 is 14.6 Å². The van der Waals surface area contributed by atoms with Crippen molar-refractivity contribution in [2.45, 2.75) is 25.8 Å². The van der Waals surface area contributed by atoms with Crippen LogP contribution in [0.4, 0.5) is 0 Å². The van der Waals surface area contributed by atoms with Gasteiger partial charge in [0.1, 0.15) is 11.5 Å². The zero-order chi connectivity index (χ0) is 13.2. The van der Waals surface area contributed by atoms with Crippen LogP contribution in [0.1, 0.15) is 24.8 Å². The lowest BCUT2D eigenvalue weighted by molar-refractivity contribution is 0.283. The molecule has 0 atom stereocenters. The highest BCUT2D eigenvalue weighted by Gasteiger charge is 2.04. The number of hydrogen-bond donors (Lipinski definition) is 2. The predicted molar refractivity (Wildman–Crippen MR) is 79.4 cm³/mol. The Labute approximate surface area is 121 Å². The summed E-state index contributed by atoms with van der Waals surface area (Å²) in [5, 5.41) is 12.0. The number of halogens is 1. The molecule has 5 heteroatoms. The third-order valence-corrected chi connectivity index (χ3v) is 2.82. The van der Waals surface area contributed by atoms with Gasteiger partial charge in [0.15, 0.2) is 0 Å². The smallest absolute Gasteiger partial charge is 0.127 e. The van der Waals surface area contributed by atoms with Gasteiger partial charge >= 0.3 is 0 Å². The maximum absolute atomic E-state index is 8.67. The van der Waals surface area contributed by atoms with E-state index >= 15 is 0 Å². The minimum Gasteiger partial charge on any atom is -0.497 e. The summed E-state index contributed by atoms with van der Waals surface area (Å²) in [6, 6.07) is 5.84. The van der Waals surface area contributed by atoms with Crippen LogP contribution in [0.2, 0.25) is 0 Å². The SMILES string of the molecule is COc1ccc(CNCCCCCO)c(OC)c1.Cl. The molecule has 1 aromatic rings. The van der Waals surface area contributed by atoms with Gasteiger partial charge < -0.3 is 19.9 Å². The van der Waals surface area contributed by atoms with Crippen LogP contribution >= 0.6 is 12.4 Å². The van der Waals surface area contributed by atoms with Crippen LogP contribution < -0.4 is 14.8 Å². The number of rotatable bonds is 9. The first kappa shape index (κ1) is 18.0. The van der Waals surface area contributed by atoms with Gasteiger partial charge in [-0.05, 0) is 31.9 Å². The molecular formula is C14H24ClNO3. The van der Waals surface area contributed by atoms with Gasteiger partial charge in [0.25, 0.3) is 0 Å². The highest BCUT2D eigenvalue weighted by atomic mass is 35.5. The van der Waals surface area contributed by atoms with Crippen molar-refractivity contribution in [2.75, 3.05) is 27.4 Å². The normalized spacial score (nSPS) is 9.84. The second kappa shape index (κ2) is 10.9. The van der Waals surface area contributed by atoms with E-state index in [1.54, 1.807) is 14.2 Å². The molecule has 1 aromatic carbocycles. The molecule has 0 aliphatic heterocycles. The fraction of sp³-hybridized carbons (Fsp3) is 0.571. The van der Waals surface area contributed by atoms with Gasteiger partial charge in [-0.25, -0.2) is 0 Å². The molecule has 0 amide bonds. The van der Waals surface area contributed by atoms with Crippen LogP contribution in [0.15, 0.2) is 18.2 Å². The number of benzene rings is 1. The second-order valence-corrected chi connectivity index (χ2v) is 4.14. The van der Waals surface area contributed by atoms with Crippen LogP contribution in [-0.2, 0) is 6.54 Å². The van der Waals surface area contributed by atoms with E-state index in [-0.39, 0.29) is 19.0 Å². The molecule has 0 bridgehead atoms. The van der Waals surface area contributed by atoms with E-state index in [1.807, 2.05) is 18.2 Å². The van der Waals surface area contributed by atoms with Crippen molar-refractivity contribution in [1.82, 2.24) is 5.32 Å². The van der Waals surface area contributed by atoms with Gasteiger partial charge in [0.2, 0.25) is 0 Å². The Morgan fingerprint density at radius 2 is 1.89 bits per heavy atom. The third kappa shape index (κ3) is 6.66. The molecule has 0 aliphatic carbocycles. The van der Waals surface area contributed by atoms with E-state index in [4.69, 9.17) is 14.6 Å². The van der Waals surface area contributed by atoms with E-state index in [0.717, 1.165) is 49.4 Å². The van der Waals surface area contributed by atoms with Gasteiger partial charge in [0.05, 0.1) is 14.2 Å². The lowest BCUT2D eigenvalue weighted by atomic mass is 10.2. The fourth-order valence-electron chi connectivity index (χ4n) is 1.76. The molecule has 2 N–H and O–H groups in total. The summed E-state index contributed by atoms with van der Waals surface area (Å²) in [6.45, 7) is 2.02. The maximum Gasteiger partial charge on any atom is 0.127 e. The number of unbranched alkanes of at least 4 members (excludes halogenated alkanes) is 2. The number of aliphatic hydroxyl groups is 1. The third-order valence-electron chi connectivity index (χ3n) is 2.82. The Morgan fingerprint density at radius 1 is 1.11 bits per heavy atom. The van der Waals surface area contributed by atoms with Crippen LogP contribution in [0.5, 0.6) is 11.5 Å². The molecule has 110 valence electrons. The minimum absolute atomic E-state index is 0. The average Bonchev–Trinajstić information content (AvgIpc) is 2.42. The summed E-state index contributed by atoms with van der Waals surface area (Å²) in [7, 11) is 3.31. The van der Waals surface area contributed by atoms with Crippen molar-refractivity contribution in [2.24, 2.45) is 0 Å². The zero-order valence-electron chi connectivity index (χ0n) is 11.6.